The van der Waals surface area contributed by atoms with Gasteiger partial charge in [0.05, 0.1) is 5.69 Å². The summed E-state index contributed by atoms with van der Waals surface area (Å²) in [5, 5.41) is 9.10. The second-order valence-corrected chi connectivity index (χ2v) is 6.82. The lowest BCUT2D eigenvalue weighted by Crippen LogP contribution is -2.37. The fraction of sp³-hybridized carbons (Fsp3) is 0.167. The van der Waals surface area contributed by atoms with Crippen LogP contribution in [0.25, 0.3) is 0 Å². The van der Waals surface area contributed by atoms with Crippen LogP contribution in [0.2, 0.25) is 0 Å². The van der Waals surface area contributed by atoms with Crippen molar-refractivity contribution in [2.24, 2.45) is 0 Å². The molecule has 0 fully saturated rings. The molecule has 0 aliphatic heterocycles. The molecule has 1 N–H and O–H groups in total. The van der Waals surface area contributed by atoms with Crippen LogP contribution in [0.1, 0.15) is 37.4 Å². The van der Waals surface area contributed by atoms with E-state index in [1.54, 1.807) is 36.4 Å². The van der Waals surface area contributed by atoms with Gasteiger partial charge >= 0.3 is 0 Å². The van der Waals surface area contributed by atoms with Gasteiger partial charge in [0.1, 0.15) is 0 Å². The average molecular weight is 373 g/mol. The Morgan fingerprint density at radius 2 is 1.14 bits per heavy atom. The largest absolute Gasteiger partial charge is 0.396 e. The molecule has 0 spiro atoms. The van der Waals surface area contributed by atoms with E-state index in [0.29, 0.717) is 23.2 Å². The summed E-state index contributed by atoms with van der Waals surface area (Å²) in [5.74, 6) is -0.749. The first-order chi connectivity index (χ1) is 13.5. The highest BCUT2D eigenvalue weighted by atomic mass is 16.3. The Morgan fingerprint density at radius 3 is 1.54 bits per heavy atom. The standard InChI is InChI=1S/C24H23NO3/c1-17-3-9-20(10-4-17)23(27)25(22-13-7-19(8-14-22)15-16-26)24(28)21-11-5-18(2)6-12-21/h3-14,26H,15-16H2,1-2H3. The lowest BCUT2D eigenvalue weighted by molar-refractivity contribution is 0.0897. The minimum absolute atomic E-state index is 0.0493. The van der Waals surface area contributed by atoms with Crippen LogP contribution in [0, 0.1) is 13.8 Å². The number of amides is 2. The number of aliphatic hydroxyl groups is 1. The quantitative estimate of drug-likeness (QED) is 0.678. The molecule has 0 unspecified atom stereocenters. The number of carbonyl (C=O) groups excluding carboxylic acids is 2. The number of imide groups is 1. The first kappa shape index (κ1) is 19.5. The molecule has 0 aliphatic carbocycles. The first-order valence-corrected chi connectivity index (χ1v) is 9.21. The fourth-order valence-electron chi connectivity index (χ4n) is 2.92. The van der Waals surface area contributed by atoms with Crippen LogP contribution in [-0.2, 0) is 6.42 Å². The third kappa shape index (κ3) is 4.35. The maximum absolute atomic E-state index is 13.2. The maximum atomic E-state index is 13.2. The Balaban J connectivity index is 2.02. The topological polar surface area (TPSA) is 57.6 Å². The van der Waals surface area contributed by atoms with Crippen LogP contribution in [0.3, 0.4) is 0 Å². The molecule has 0 aromatic heterocycles. The monoisotopic (exact) mass is 373 g/mol. The van der Waals surface area contributed by atoms with Crippen molar-refractivity contribution in [3.8, 4) is 0 Å². The minimum atomic E-state index is -0.375. The summed E-state index contributed by atoms with van der Waals surface area (Å²) >= 11 is 0. The average Bonchev–Trinajstić information content (AvgIpc) is 2.70. The maximum Gasteiger partial charge on any atom is 0.265 e. The highest BCUT2D eigenvalue weighted by molar-refractivity contribution is 6.25. The van der Waals surface area contributed by atoms with E-state index >= 15 is 0 Å². The normalized spacial score (nSPS) is 10.5. The number of hydrogen-bond donors (Lipinski definition) is 1. The number of anilines is 1. The van der Waals surface area contributed by atoms with E-state index in [1.807, 2.05) is 50.2 Å². The number of nitrogens with zero attached hydrogens (tertiary/aromatic N) is 1. The van der Waals surface area contributed by atoms with E-state index < -0.39 is 0 Å². The summed E-state index contributed by atoms with van der Waals surface area (Å²) in [6, 6.07) is 21.5. The zero-order valence-electron chi connectivity index (χ0n) is 16.1. The second kappa shape index (κ2) is 8.63. The van der Waals surface area contributed by atoms with Gasteiger partial charge in [-0.05, 0) is 62.2 Å². The molecule has 0 saturated heterocycles. The minimum Gasteiger partial charge on any atom is -0.396 e. The third-order valence-electron chi connectivity index (χ3n) is 4.60. The molecule has 3 rings (SSSR count). The van der Waals surface area contributed by atoms with E-state index in [2.05, 4.69) is 0 Å². The molecule has 0 saturated carbocycles. The first-order valence-electron chi connectivity index (χ1n) is 9.21. The number of aliphatic hydroxyl groups excluding tert-OH is 1. The van der Waals surface area contributed by atoms with Crippen LogP contribution in [0.15, 0.2) is 72.8 Å². The van der Waals surface area contributed by atoms with Crippen molar-refractivity contribution in [3.05, 3.63) is 101 Å². The van der Waals surface area contributed by atoms with Crippen molar-refractivity contribution < 1.29 is 14.7 Å². The summed E-state index contributed by atoms with van der Waals surface area (Å²) < 4.78 is 0. The fourth-order valence-corrected chi connectivity index (χ4v) is 2.92. The van der Waals surface area contributed by atoms with Gasteiger partial charge in [-0.25, -0.2) is 4.90 Å². The van der Waals surface area contributed by atoms with Crippen LogP contribution < -0.4 is 4.90 Å². The molecule has 3 aromatic rings. The van der Waals surface area contributed by atoms with Gasteiger partial charge in [-0.3, -0.25) is 9.59 Å². The molecule has 0 radical (unpaired) electrons. The van der Waals surface area contributed by atoms with Crippen LogP contribution >= 0.6 is 0 Å². The predicted octanol–water partition coefficient (Wildman–Crippen LogP) is 4.33. The summed E-state index contributed by atoms with van der Waals surface area (Å²) in [6.45, 7) is 3.94. The van der Waals surface area contributed by atoms with Gasteiger partial charge < -0.3 is 5.11 Å². The van der Waals surface area contributed by atoms with E-state index in [4.69, 9.17) is 5.11 Å². The van der Waals surface area contributed by atoms with Crippen LogP contribution in [-0.4, -0.2) is 23.5 Å². The van der Waals surface area contributed by atoms with Crippen molar-refractivity contribution in [1.82, 2.24) is 0 Å². The molecule has 0 atom stereocenters. The lowest BCUT2D eigenvalue weighted by atomic mass is 10.1. The van der Waals surface area contributed by atoms with Crippen LogP contribution in [0.5, 0.6) is 0 Å². The zero-order valence-corrected chi connectivity index (χ0v) is 16.1. The SMILES string of the molecule is Cc1ccc(C(=O)N(C(=O)c2ccc(C)cc2)c2ccc(CCO)cc2)cc1. The highest BCUT2D eigenvalue weighted by Gasteiger charge is 2.26. The Hall–Kier alpha value is -3.24. The number of hydrogen-bond acceptors (Lipinski definition) is 3. The van der Waals surface area contributed by atoms with E-state index in [1.165, 1.54) is 4.90 Å². The predicted molar refractivity (Wildman–Crippen MR) is 111 cm³/mol. The molecule has 0 heterocycles. The molecule has 28 heavy (non-hydrogen) atoms. The van der Waals surface area contributed by atoms with Crippen molar-refractivity contribution >= 4 is 17.5 Å². The lowest BCUT2D eigenvalue weighted by Gasteiger charge is -2.22. The van der Waals surface area contributed by atoms with Gasteiger partial charge in [0.15, 0.2) is 0 Å². The van der Waals surface area contributed by atoms with Gasteiger partial charge in [0.25, 0.3) is 11.8 Å². The summed E-state index contributed by atoms with van der Waals surface area (Å²) in [4.78, 5) is 27.6. The summed E-state index contributed by atoms with van der Waals surface area (Å²) in [6.07, 6.45) is 0.526. The number of aryl methyl sites for hydroxylation is 2. The Labute approximate surface area is 165 Å². The smallest absolute Gasteiger partial charge is 0.265 e. The van der Waals surface area contributed by atoms with Gasteiger partial charge in [0.2, 0.25) is 0 Å². The molecule has 142 valence electrons. The number of benzene rings is 3. The van der Waals surface area contributed by atoms with Gasteiger partial charge in [-0.2, -0.15) is 0 Å². The van der Waals surface area contributed by atoms with E-state index in [0.717, 1.165) is 16.7 Å². The number of rotatable bonds is 5. The molecule has 4 nitrogen and oxygen atoms in total. The van der Waals surface area contributed by atoms with Crippen molar-refractivity contribution in [2.75, 3.05) is 11.5 Å². The molecule has 0 bridgehead atoms. The van der Waals surface area contributed by atoms with Gasteiger partial charge in [-0.15, -0.1) is 0 Å². The van der Waals surface area contributed by atoms with Crippen molar-refractivity contribution in [2.45, 2.75) is 20.3 Å². The Bertz CT molecular complexity index is 901. The summed E-state index contributed by atoms with van der Waals surface area (Å²) in [7, 11) is 0. The van der Waals surface area contributed by atoms with Gasteiger partial charge in [-0.1, -0.05) is 47.5 Å². The highest BCUT2D eigenvalue weighted by Crippen LogP contribution is 2.22. The third-order valence-corrected chi connectivity index (χ3v) is 4.60. The molecular weight excluding hydrogens is 350 g/mol. The van der Waals surface area contributed by atoms with Gasteiger partial charge in [0, 0.05) is 17.7 Å². The Morgan fingerprint density at radius 1 is 0.714 bits per heavy atom. The molecule has 2 amide bonds. The zero-order chi connectivity index (χ0) is 20.1. The molecule has 3 aromatic carbocycles. The summed E-state index contributed by atoms with van der Waals surface area (Å²) in [5.41, 5.74) is 4.42. The second-order valence-electron chi connectivity index (χ2n) is 6.82. The van der Waals surface area contributed by atoms with Crippen LogP contribution in [0.4, 0.5) is 5.69 Å². The van der Waals surface area contributed by atoms with Crippen molar-refractivity contribution in [3.63, 3.8) is 0 Å². The molecule has 0 aliphatic rings. The molecule has 4 heteroatoms. The van der Waals surface area contributed by atoms with Crippen molar-refractivity contribution in [1.29, 1.82) is 0 Å². The van der Waals surface area contributed by atoms with E-state index in [-0.39, 0.29) is 18.4 Å². The Kier molecular flexibility index (Phi) is 6.02. The number of carbonyl (C=O) groups is 2. The van der Waals surface area contributed by atoms with E-state index in [9.17, 15) is 9.59 Å². The molecular formula is C24H23NO3.